The molecule has 0 spiro atoms. The first-order valence-corrected chi connectivity index (χ1v) is 9.03. The lowest BCUT2D eigenvalue weighted by atomic mass is 10.1. The fraction of sp³-hybridized carbons (Fsp3) is 0.286. The normalized spacial score (nSPS) is 11.5. The monoisotopic (exact) mass is 386 g/mol. The van der Waals surface area contributed by atoms with Gasteiger partial charge in [0.25, 0.3) is 11.8 Å². The second kappa shape index (κ2) is 9.64. The number of unbranched alkanes of at least 4 members (excludes halogenated alkanes) is 1. The van der Waals surface area contributed by atoms with Crippen LogP contribution in [0.1, 0.15) is 52.5 Å². The van der Waals surface area contributed by atoms with Crippen molar-refractivity contribution >= 4 is 23.5 Å². The number of carbonyl (C=O) groups is 3. The average Bonchev–Trinajstić information content (AvgIpc) is 2.66. The Bertz CT molecular complexity index is 882. The van der Waals surface area contributed by atoms with Crippen LogP contribution < -0.4 is 10.6 Å². The van der Waals surface area contributed by atoms with Crippen molar-refractivity contribution in [1.29, 1.82) is 0 Å². The second-order valence-corrected chi connectivity index (χ2v) is 6.47. The summed E-state index contributed by atoms with van der Waals surface area (Å²) >= 11 is 0. The molecule has 2 aromatic carbocycles. The van der Waals surface area contributed by atoms with E-state index in [1.807, 2.05) is 6.92 Å². The molecule has 28 heavy (non-hydrogen) atoms. The highest BCUT2D eigenvalue weighted by Crippen LogP contribution is 2.19. The number of amides is 2. The largest absolute Gasteiger partial charge is 0.480 e. The minimum absolute atomic E-state index is 0.109. The van der Waals surface area contributed by atoms with Crippen molar-refractivity contribution in [3.63, 3.8) is 0 Å². The van der Waals surface area contributed by atoms with Crippen LogP contribution in [0, 0.1) is 12.7 Å². The Morgan fingerprint density at radius 1 is 1.11 bits per heavy atom. The molecular formula is C21H23FN2O4. The minimum atomic E-state index is -1.10. The third-order valence-electron chi connectivity index (χ3n) is 4.32. The first-order chi connectivity index (χ1) is 13.3. The average molecular weight is 386 g/mol. The van der Waals surface area contributed by atoms with Crippen molar-refractivity contribution < 1.29 is 23.9 Å². The van der Waals surface area contributed by atoms with Crippen molar-refractivity contribution in [3.05, 3.63) is 65.0 Å². The summed E-state index contributed by atoms with van der Waals surface area (Å²) in [5.74, 6) is -2.93. The summed E-state index contributed by atoms with van der Waals surface area (Å²) in [6, 6.07) is 9.23. The summed E-state index contributed by atoms with van der Waals surface area (Å²) in [6.45, 7) is 3.67. The van der Waals surface area contributed by atoms with E-state index in [0.717, 1.165) is 6.42 Å². The van der Waals surface area contributed by atoms with Crippen molar-refractivity contribution in [2.45, 2.75) is 39.2 Å². The van der Waals surface area contributed by atoms with Crippen LogP contribution in [0.15, 0.2) is 42.5 Å². The molecule has 2 amide bonds. The molecule has 148 valence electrons. The number of anilines is 1. The molecule has 0 aromatic heterocycles. The van der Waals surface area contributed by atoms with Crippen LogP contribution in [0.25, 0.3) is 0 Å². The predicted molar refractivity (Wildman–Crippen MR) is 104 cm³/mol. The Hall–Kier alpha value is -3.22. The molecule has 0 aliphatic rings. The van der Waals surface area contributed by atoms with Gasteiger partial charge in [-0.3, -0.25) is 9.59 Å². The van der Waals surface area contributed by atoms with Gasteiger partial charge in [-0.2, -0.15) is 0 Å². The number of aliphatic carboxylic acids is 1. The molecule has 0 fully saturated rings. The Balaban J connectivity index is 2.18. The Morgan fingerprint density at radius 2 is 1.82 bits per heavy atom. The van der Waals surface area contributed by atoms with Gasteiger partial charge in [0.2, 0.25) is 0 Å². The molecule has 1 atom stereocenters. The SMILES string of the molecule is CCCC[C@H](NC(=O)c1ccc(C)c(NC(=O)c2ccccc2F)c1)C(=O)O. The van der Waals surface area contributed by atoms with E-state index in [4.69, 9.17) is 0 Å². The molecule has 0 aliphatic heterocycles. The molecule has 0 unspecified atom stereocenters. The molecular weight excluding hydrogens is 363 g/mol. The van der Waals surface area contributed by atoms with Crippen molar-refractivity contribution in [3.8, 4) is 0 Å². The third kappa shape index (κ3) is 5.39. The maximum Gasteiger partial charge on any atom is 0.326 e. The van der Waals surface area contributed by atoms with Gasteiger partial charge in [-0.15, -0.1) is 0 Å². The Kier molecular flexibility index (Phi) is 7.26. The highest BCUT2D eigenvalue weighted by Gasteiger charge is 2.21. The molecule has 3 N–H and O–H groups in total. The van der Waals surface area contributed by atoms with E-state index in [0.29, 0.717) is 24.1 Å². The lowest BCUT2D eigenvalue weighted by Gasteiger charge is -2.15. The van der Waals surface area contributed by atoms with Gasteiger partial charge in [0.05, 0.1) is 5.56 Å². The summed E-state index contributed by atoms with van der Waals surface area (Å²) in [5, 5.41) is 14.4. The van der Waals surface area contributed by atoms with Crippen LogP contribution in [-0.4, -0.2) is 28.9 Å². The van der Waals surface area contributed by atoms with Crippen molar-refractivity contribution in [2.75, 3.05) is 5.32 Å². The number of carbonyl (C=O) groups excluding carboxylic acids is 2. The number of halogens is 1. The van der Waals surface area contributed by atoms with E-state index in [-0.39, 0.29) is 11.1 Å². The number of carboxylic acid groups (broad SMARTS) is 1. The minimum Gasteiger partial charge on any atom is -0.480 e. The van der Waals surface area contributed by atoms with E-state index in [2.05, 4.69) is 10.6 Å². The quantitative estimate of drug-likeness (QED) is 0.644. The number of aryl methyl sites for hydroxylation is 1. The van der Waals surface area contributed by atoms with Gasteiger partial charge in [-0.1, -0.05) is 38.0 Å². The molecule has 0 saturated carbocycles. The highest BCUT2D eigenvalue weighted by molar-refractivity contribution is 6.06. The second-order valence-electron chi connectivity index (χ2n) is 6.47. The summed E-state index contributed by atoms with van der Waals surface area (Å²) < 4.78 is 13.8. The summed E-state index contributed by atoms with van der Waals surface area (Å²) in [7, 11) is 0. The number of hydrogen-bond acceptors (Lipinski definition) is 3. The fourth-order valence-electron chi connectivity index (χ4n) is 2.64. The van der Waals surface area contributed by atoms with E-state index in [1.165, 1.54) is 24.3 Å². The zero-order valence-electron chi connectivity index (χ0n) is 15.8. The first-order valence-electron chi connectivity index (χ1n) is 9.03. The number of benzene rings is 2. The number of hydrogen-bond donors (Lipinski definition) is 3. The van der Waals surface area contributed by atoms with Crippen LogP contribution in [0.5, 0.6) is 0 Å². The molecule has 0 radical (unpaired) electrons. The van der Waals surface area contributed by atoms with Gasteiger partial charge in [-0.25, -0.2) is 9.18 Å². The highest BCUT2D eigenvalue weighted by atomic mass is 19.1. The zero-order valence-corrected chi connectivity index (χ0v) is 15.8. The molecule has 2 rings (SSSR count). The zero-order chi connectivity index (χ0) is 20.7. The van der Waals surface area contributed by atoms with Gasteiger partial charge >= 0.3 is 5.97 Å². The predicted octanol–water partition coefficient (Wildman–Crippen LogP) is 3.76. The molecule has 0 bridgehead atoms. The summed E-state index contributed by atoms with van der Waals surface area (Å²) in [4.78, 5) is 36.1. The molecule has 2 aromatic rings. The van der Waals surface area contributed by atoms with Gasteiger partial charge in [0.15, 0.2) is 0 Å². The standard InChI is InChI=1S/C21H23FN2O4/c1-3-4-9-17(21(27)28)23-19(25)14-11-10-13(2)18(12-14)24-20(26)15-7-5-6-8-16(15)22/h5-8,10-12,17H,3-4,9H2,1-2H3,(H,23,25)(H,24,26)(H,27,28)/t17-/m0/s1. The maximum absolute atomic E-state index is 13.8. The van der Waals surface area contributed by atoms with E-state index >= 15 is 0 Å². The molecule has 0 aliphatic carbocycles. The van der Waals surface area contributed by atoms with Crippen molar-refractivity contribution in [1.82, 2.24) is 5.32 Å². The van der Waals surface area contributed by atoms with Crippen LogP contribution in [-0.2, 0) is 4.79 Å². The van der Waals surface area contributed by atoms with Crippen LogP contribution in [0.4, 0.5) is 10.1 Å². The summed E-state index contributed by atoms with van der Waals surface area (Å²) in [5.41, 5.74) is 1.13. The van der Waals surface area contributed by atoms with Gasteiger partial charge in [0.1, 0.15) is 11.9 Å². The molecule has 7 heteroatoms. The smallest absolute Gasteiger partial charge is 0.326 e. The Morgan fingerprint density at radius 3 is 2.46 bits per heavy atom. The van der Waals surface area contributed by atoms with Crippen molar-refractivity contribution in [2.24, 2.45) is 0 Å². The topological polar surface area (TPSA) is 95.5 Å². The van der Waals surface area contributed by atoms with E-state index in [1.54, 1.807) is 25.1 Å². The van der Waals surface area contributed by atoms with Gasteiger partial charge < -0.3 is 15.7 Å². The van der Waals surface area contributed by atoms with Crippen LogP contribution in [0.2, 0.25) is 0 Å². The van der Waals surface area contributed by atoms with Gasteiger partial charge in [0, 0.05) is 11.3 Å². The summed E-state index contributed by atoms with van der Waals surface area (Å²) in [6.07, 6.45) is 1.83. The maximum atomic E-state index is 13.8. The number of nitrogens with one attached hydrogen (secondary N) is 2. The lowest BCUT2D eigenvalue weighted by molar-refractivity contribution is -0.139. The molecule has 6 nitrogen and oxygen atoms in total. The number of rotatable bonds is 8. The molecule has 0 saturated heterocycles. The molecule has 0 heterocycles. The Labute approximate surface area is 162 Å². The first kappa shape index (κ1) is 21.1. The van der Waals surface area contributed by atoms with Gasteiger partial charge in [-0.05, 0) is 43.2 Å². The third-order valence-corrected chi connectivity index (χ3v) is 4.32. The van der Waals surface area contributed by atoms with E-state index in [9.17, 15) is 23.9 Å². The number of carboxylic acids is 1. The fourth-order valence-corrected chi connectivity index (χ4v) is 2.64. The lowest BCUT2D eigenvalue weighted by Crippen LogP contribution is -2.40. The van der Waals surface area contributed by atoms with Crippen LogP contribution >= 0.6 is 0 Å². The van der Waals surface area contributed by atoms with Crippen LogP contribution in [0.3, 0.4) is 0 Å². The van der Waals surface area contributed by atoms with E-state index < -0.39 is 29.6 Å².